The van der Waals surface area contributed by atoms with Gasteiger partial charge in [0.1, 0.15) is 22.4 Å². The van der Waals surface area contributed by atoms with Crippen molar-refractivity contribution in [2.75, 3.05) is 17.2 Å². The fourth-order valence-corrected chi connectivity index (χ4v) is 2.27. The van der Waals surface area contributed by atoms with Crippen molar-refractivity contribution in [2.45, 2.75) is 32.7 Å². The number of nitrogens with one attached hydrogen (secondary N) is 2. The molecule has 1 saturated carbocycles. The summed E-state index contributed by atoms with van der Waals surface area (Å²) in [6, 6.07) is 0.589. The molecule has 0 spiro atoms. The molecule has 0 radical (unpaired) electrons. The van der Waals surface area contributed by atoms with Crippen molar-refractivity contribution in [1.29, 1.82) is 0 Å². The van der Waals surface area contributed by atoms with Gasteiger partial charge in [-0.3, -0.25) is 0 Å². The molecule has 2 N–H and O–H groups in total. The topological polar surface area (TPSA) is 49.8 Å². The Bertz CT molecular complexity index is 369. The second-order valence-corrected chi connectivity index (χ2v) is 4.86. The summed E-state index contributed by atoms with van der Waals surface area (Å²) in [5.41, 5.74) is 0. The maximum atomic E-state index is 4.26. The lowest BCUT2D eigenvalue weighted by molar-refractivity contribution is 0.773. The fourth-order valence-electron chi connectivity index (χ4n) is 1.81. The van der Waals surface area contributed by atoms with Gasteiger partial charge < -0.3 is 10.6 Å². The first-order valence-corrected chi connectivity index (χ1v) is 6.56. The van der Waals surface area contributed by atoms with E-state index >= 15 is 0 Å². The second kappa shape index (κ2) is 4.99. The van der Waals surface area contributed by atoms with Crippen LogP contribution in [0, 0.1) is 5.92 Å². The van der Waals surface area contributed by atoms with Crippen LogP contribution in [0.5, 0.6) is 0 Å². The zero-order valence-electron chi connectivity index (χ0n) is 9.63. The molecule has 1 aliphatic rings. The number of aromatic nitrogens is 2. The van der Waals surface area contributed by atoms with E-state index in [0.717, 1.165) is 28.6 Å². The van der Waals surface area contributed by atoms with E-state index < -0.39 is 0 Å². The molecular formula is C11H17BrN4. The van der Waals surface area contributed by atoms with Crippen molar-refractivity contribution < 1.29 is 0 Å². The van der Waals surface area contributed by atoms with Gasteiger partial charge in [0.05, 0.1) is 0 Å². The van der Waals surface area contributed by atoms with Crippen LogP contribution in [0.3, 0.4) is 0 Å². The van der Waals surface area contributed by atoms with Gasteiger partial charge in [-0.25, -0.2) is 9.97 Å². The Kier molecular flexibility index (Phi) is 3.63. The predicted molar refractivity (Wildman–Crippen MR) is 69.7 cm³/mol. The summed E-state index contributed by atoms with van der Waals surface area (Å²) in [5, 5.41) is 6.64. The number of anilines is 2. The quantitative estimate of drug-likeness (QED) is 0.873. The Morgan fingerprint density at radius 2 is 2.12 bits per heavy atom. The maximum Gasteiger partial charge on any atom is 0.146 e. The van der Waals surface area contributed by atoms with E-state index in [-0.39, 0.29) is 0 Å². The Balaban J connectivity index is 2.06. The van der Waals surface area contributed by atoms with Crippen LogP contribution in [0.2, 0.25) is 0 Å². The molecule has 0 saturated heterocycles. The Morgan fingerprint density at radius 1 is 1.38 bits per heavy atom. The van der Waals surface area contributed by atoms with Crippen molar-refractivity contribution in [3.05, 3.63) is 10.8 Å². The molecule has 0 bridgehead atoms. The summed E-state index contributed by atoms with van der Waals surface area (Å²) in [7, 11) is 0. The second-order valence-electron chi connectivity index (χ2n) is 4.07. The van der Waals surface area contributed by atoms with Gasteiger partial charge in [0.25, 0.3) is 0 Å². The summed E-state index contributed by atoms with van der Waals surface area (Å²) >= 11 is 3.53. The van der Waals surface area contributed by atoms with Gasteiger partial charge in [-0.05, 0) is 35.2 Å². The van der Waals surface area contributed by atoms with Crippen molar-refractivity contribution in [3.8, 4) is 0 Å². The Morgan fingerprint density at radius 3 is 2.75 bits per heavy atom. The third-order valence-electron chi connectivity index (χ3n) is 2.90. The number of hydrogen-bond acceptors (Lipinski definition) is 4. The van der Waals surface area contributed by atoms with Crippen molar-refractivity contribution in [3.63, 3.8) is 0 Å². The van der Waals surface area contributed by atoms with Gasteiger partial charge in [-0.1, -0.05) is 13.3 Å². The van der Waals surface area contributed by atoms with Gasteiger partial charge in [0.2, 0.25) is 0 Å². The van der Waals surface area contributed by atoms with E-state index in [9.17, 15) is 0 Å². The minimum Gasteiger partial charge on any atom is -0.369 e. The summed E-state index contributed by atoms with van der Waals surface area (Å²) in [5.74, 6) is 2.56. The Labute approximate surface area is 104 Å². The third-order valence-corrected chi connectivity index (χ3v) is 3.65. The molecule has 1 aliphatic carbocycles. The molecule has 2 atom stereocenters. The van der Waals surface area contributed by atoms with Crippen molar-refractivity contribution >= 4 is 27.6 Å². The van der Waals surface area contributed by atoms with E-state index in [1.807, 2.05) is 0 Å². The van der Waals surface area contributed by atoms with Crippen LogP contribution in [-0.2, 0) is 0 Å². The van der Waals surface area contributed by atoms with Gasteiger partial charge in [-0.2, -0.15) is 0 Å². The van der Waals surface area contributed by atoms with Crippen LogP contribution in [0.25, 0.3) is 0 Å². The van der Waals surface area contributed by atoms with E-state index in [1.165, 1.54) is 12.8 Å². The number of hydrogen-bond donors (Lipinski definition) is 2. The molecule has 1 fully saturated rings. The summed E-state index contributed by atoms with van der Waals surface area (Å²) in [6.07, 6.45) is 4.08. The minimum atomic E-state index is 0.589. The molecule has 2 rings (SSSR count). The predicted octanol–water partition coefficient (Wildman–Crippen LogP) is 2.88. The molecule has 2 unspecified atom stereocenters. The first-order chi connectivity index (χ1) is 7.76. The van der Waals surface area contributed by atoms with Crippen LogP contribution in [0.15, 0.2) is 10.8 Å². The molecule has 0 amide bonds. The first-order valence-electron chi connectivity index (χ1n) is 5.77. The molecule has 88 valence electrons. The van der Waals surface area contributed by atoms with Gasteiger partial charge in [0.15, 0.2) is 0 Å². The molecule has 1 aromatic rings. The zero-order valence-corrected chi connectivity index (χ0v) is 11.2. The molecule has 4 nitrogen and oxygen atoms in total. The molecule has 1 aromatic heterocycles. The average Bonchev–Trinajstić information content (AvgIpc) is 3.03. The lowest BCUT2D eigenvalue weighted by atomic mass is 10.3. The van der Waals surface area contributed by atoms with Crippen LogP contribution >= 0.6 is 15.9 Å². The minimum absolute atomic E-state index is 0.589. The Hall–Kier alpha value is -0.840. The lowest BCUT2D eigenvalue weighted by Crippen LogP contribution is -2.09. The molecule has 0 aromatic carbocycles. The van der Waals surface area contributed by atoms with Crippen molar-refractivity contribution in [1.82, 2.24) is 9.97 Å². The van der Waals surface area contributed by atoms with Crippen molar-refractivity contribution in [2.24, 2.45) is 5.92 Å². The summed E-state index contributed by atoms with van der Waals surface area (Å²) in [4.78, 5) is 8.45. The largest absolute Gasteiger partial charge is 0.369 e. The standard InChI is InChI=1S/C11H17BrN4/c1-3-7-5-8(7)16-11-9(12)10(13-4-2)14-6-15-11/h6-8H,3-5H2,1-2H3,(H2,13,14,15,16). The zero-order chi connectivity index (χ0) is 11.5. The number of halogens is 1. The first kappa shape index (κ1) is 11.6. The number of rotatable bonds is 5. The van der Waals surface area contributed by atoms with E-state index in [0.29, 0.717) is 6.04 Å². The van der Waals surface area contributed by atoms with Gasteiger partial charge in [-0.15, -0.1) is 0 Å². The lowest BCUT2D eigenvalue weighted by Gasteiger charge is -2.10. The fraction of sp³-hybridized carbons (Fsp3) is 0.636. The summed E-state index contributed by atoms with van der Waals surface area (Å²) < 4.78 is 0.929. The van der Waals surface area contributed by atoms with Crippen LogP contribution < -0.4 is 10.6 Å². The third kappa shape index (κ3) is 2.45. The SMILES string of the molecule is CCNc1ncnc(NC2CC2CC)c1Br. The molecule has 5 heteroatoms. The van der Waals surface area contributed by atoms with Gasteiger partial charge in [0, 0.05) is 12.6 Å². The normalized spacial score (nSPS) is 22.9. The smallest absolute Gasteiger partial charge is 0.146 e. The average molecular weight is 285 g/mol. The highest BCUT2D eigenvalue weighted by atomic mass is 79.9. The van der Waals surface area contributed by atoms with Gasteiger partial charge >= 0.3 is 0 Å². The highest BCUT2D eigenvalue weighted by Crippen LogP contribution is 2.37. The maximum absolute atomic E-state index is 4.26. The van der Waals surface area contributed by atoms with Crippen LogP contribution in [-0.4, -0.2) is 22.6 Å². The molecule has 16 heavy (non-hydrogen) atoms. The molecule has 1 heterocycles. The highest BCUT2D eigenvalue weighted by Gasteiger charge is 2.35. The monoisotopic (exact) mass is 284 g/mol. The van der Waals surface area contributed by atoms with Crippen LogP contribution in [0.1, 0.15) is 26.7 Å². The summed E-state index contributed by atoms with van der Waals surface area (Å²) in [6.45, 7) is 5.14. The highest BCUT2D eigenvalue weighted by molar-refractivity contribution is 9.10. The molecular weight excluding hydrogens is 268 g/mol. The number of nitrogens with zero attached hydrogens (tertiary/aromatic N) is 2. The van der Waals surface area contributed by atoms with E-state index in [1.54, 1.807) is 6.33 Å². The van der Waals surface area contributed by atoms with Crippen LogP contribution in [0.4, 0.5) is 11.6 Å². The van der Waals surface area contributed by atoms with E-state index in [2.05, 4.69) is 50.4 Å². The molecule has 0 aliphatic heterocycles. The van der Waals surface area contributed by atoms with E-state index in [4.69, 9.17) is 0 Å².